The van der Waals surface area contributed by atoms with E-state index in [0.29, 0.717) is 0 Å². The van der Waals surface area contributed by atoms with Gasteiger partial charge in [-0.05, 0) is 12.1 Å². The highest BCUT2D eigenvalue weighted by Crippen LogP contribution is 1.73. The van der Waals surface area contributed by atoms with E-state index in [4.69, 9.17) is 0 Å². The van der Waals surface area contributed by atoms with E-state index in [1.54, 1.807) is 12.4 Å². The Morgan fingerprint density at radius 1 is 0.667 bits per heavy atom. The second kappa shape index (κ2) is 10.0. The molecule has 0 unspecified atom stereocenters. The van der Waals surface area contributed by atoms with E-state index in [1.807, 2.05) is 18.2 Å². The minimum Gasteiger partial charge on any atom is -0.269 e. The van der Waals surface area contributed by atoms with Crippen molar-refractivity contribution < 1.29 is 14.1 Å². The molecular formula is C5H8F3N. The van der Waals surface area contributed by atoms with Crippen molar-refractivity contribution >= 4 is 0 Å². The molecule has 0 saturated heterocycles. The van der Waals surface area contributed by atoms with E-state index >= 15 is 0 Å². The lowest BCUT2D eigenvalue weighted by atomic mass is 10.5. The van der Waals surface area contributed by atoms with Crippen LogP contribution in [0, 0.1) is 0 Å². The van der Waals surface area contributed by atoms with E-state index in [1.165, 1.54) is 0 Å². The second-order valence-corrected chi connectivity index (χ2v) is 1.02. The van der Waals surface area contributed by atoms with Crippen LogP contribution in [0.4, 0.5) is 14.1 Å². The summed E-state index contributed by atoms with van der Waals surface area (Å²) >= 11 is 0. The van der Waals surface area contributed by atoms with Crippen LogP contribution < -0.4 is 0 Å². The van der Waals surface area contributed by atoms with Crippen molar-refractivity contribution in [2.75, 3.05) is 0 Å². The van der Waals surface area contributed by atoms with Gasteiger partial charge in [0.05, 0.1) is 0 Å². The van der Waals surface area contributed by atoms with Crippen molar-refractivity contribution in [2.45, 2.75) is 0 Å². The molecule has 0 aliphatic heterocycles. The summed E-state index contributed by atoms with van der Waals surface area (Å²) in [6.07, 6.45) is 3.50. The largest absolute Gasteiger partial charge is 0.269 e. The summed E-state index contributed by atoms with van der Waals surface area (Å²) in [6.45, 7) is 0. The van der Waals surface area contributed by atoms with Crippen molar-refractivity contribution in [1.82, 2.24) is 4.98 Å². The van der Waals surface area contributed by atoms with Crippen LogP contribution in [0.3, 0.4) is 0 Å². The molecule has 0 bridgehead atoms. The molecule has 0 radical (unpaired) electrons. The topological polar surface area (TPSA) is 12.9 Å². The first-order chi connectivity index (χ1) is 3.00. The zero-order valence-electron chi connectivity index (χ0n) is 4.56. The fourth-order valence-corrected chi connectivity index (χ4v) is 0.313. The van der Waals surface area contributed by atoms with Crippen LogP contribution in [0.2, 0.25) is 0 Å². The average Bonchev–Trinajstić information content (AvgIpc) is 1.72. The van der Waals surface area contributed by atoms with Gasteiger partial charge in [-0.3, -0.25) is 19.1 Å². The summed E-state index contributed by atoms with van der Waals surface area (Å²) in [5.74, 6) is 0. The van der Waals surface area contributed by atoms with Crippen LogP contribution in [0.1, 0.15) is 0 Å². The molecule has 0 aromatic carbocycles. The van der Waals surface area contributed by atoms with E-state index in [-0.39, 0.29) is 14.1 Å². The standard InChI is InChI=1S/C5H5N.3FH/c1-2-4-6-5-3-1;;;/h1-5H;3*1H. The van der Waals surface area contributed by atoms with Crippen LogP contribution in [-0.4, -0.2) is 4.98 Å². The Balaban J connectivity index is -0.000000120. The zero-order valence-corrected chi connectivity index (χ0v) is 4.56. The summed E-state index contributed by atoms with van der Waals surface area (Å²) in [4.78, 5) is 3.78. The Morgan fingerprint density at radius 2 is 1.11 bits per heavy atom. The monoisotopic (exact) mass is 139 g/mol. The quantitative estimate of drug-likeness (QED) is 0.531. The molecule has 1 aromatic rings. The molecule has 4 heteroatoms. The molecule has 1 aromatic heterocycles. The number of hydrogen-bond donors (Lipinski definition) is 0. The van der Waals surface area contributed by atoms with Gasteiger partial charge in [-0.1, -0.05) is 6.07 Å². The fraction of sp³-hybridized carbons (Fsp3) is 0. The van der Waals surface area contributed by atoms with Crippen molar-refractivity contribution in [3.05, 3.63) is 30.6 Å². The lowest BCUT2D eigenvalue weighted by Gasteiger charge is -1.70. The van der Waals surface area contributed by atoms with Crippen LogP contribution in [0.25, 0.3) is 0 Å². The van der Waals surface area contributed by atoms with Crippen molar-refractivity contribution in [2.24, 2.45) is 0 Å². The third-order valence-corrected chi connectivity index (χ3v) is 0.566. The zero-order chi connectivity index (χ0) is 4.24. The molecule has 54 valence electrons. The maximum atomic E-state index is 3.78. The maximum Gasteiger partial charge on any atom is 0.0267 e. The molecule has 0 saturated carbocycles. The normalized spacial score (nSPS) is 5.33. The molecule has 0 aliphatic rings. The summed E-state index contributed by atoms with van der Waals surface area (Å²) in [5.41, 5.74) is 0. The van der Waals surface area contributed by atoms with Crippen LogP contribution in [0.5, 0.6) is 0 Å². The van der Waals surface area contributed by atoms with Gasteiger partial charge < -0.3 is 0 Å². The fourth-order valence-electron chi connectivity index (χ4n) is 0.313. The number of hydrogen-bond acceptors (Lipinski definition) is 1. The highest BCUT2D eigenvalue weighted by Gasteiger charge is 1.58. The van der Waals surface area contributed by atoms with Gasteiger partial charge in [0.2, 0.25) is 0 Å². The predicted octanol–water partition coefficient (Wildman–Crippen LogP) is 1.54. The Kier molecular flexibility index (Phi) is 17.5. The smallest absolute Gasteiger partial charge is 0.0267 e. The molecule has 9 heavy (non-hydrogen) atoms. The number of halogens is 3. The van der Waals surface area contributed by atoms with E-state index in [0.717, 1.165) is 0 Å². The third kappa shape index (κ3) is 6.94. The van der Waals surface area contributed by atoms with Crippen LogP contribution >= 0.6 is 0 Å². The molecule has 1 nitrogen and oxygen atoms in total. The van der Waals surface area contributed by atoms with Gasteiger partial charge in [-0.15, -0.1) is 0 Å². The Hall–Kier alpha value is -1.06. The number of pyridine rings is 1. The highest BCUT2D eigenvalue weighted by molar-refractivity contribution is 4.88. The van der Waals surface area contributed by atoms with Gasteiger partial charge in [0, 0.05) is 12.4 Å². The molecule has 0 N–H and O–H groups in total. The summed E-state index contributed by atoms with van der Waals surface area (Å²) in [7, 11) is 0. The highest BCUT2D eigenvalue weighted by atomic mass is 19.0. The number of aromatic nitrogens is 1. The molecule has 0 fully saturated rings. The predicted molar refractivity (Wildman–Crippen MR) is 31.7 cm³/mol. The first-order valence-electron chi connectivity index (χ1n) is 1.85. The van der Waals surface area contributed by atoms with Crippen molar-refractivity contribution in [1.29, 1.82) is 0 Å². The first kappa shape index (κ1) is 15.7. The summed E-state index contributed by atoms with van der Waals surface area (Å²) in [5, 5.41) is 0. The van der Waals surface area contributed by atoms with Gasteiger partial charge in [0.25, 0.3) is 0 Å². The minimum atomic E-state index is 0. The van der Waals surface area contributed by atoms with Gasteiger partial charge in [0.1, 0.15) is 0 Å². The van der Waals surface area contributed by atoms with E-state index in [9.17, 15) is 0 Å². The lowest BCUT2D eigenvalue weighted by molar-refractivity contribution is 1.11. The Labute approximate surface area is 50.8 Å². The lowest BCUT2D eigenvalue weighted by Crippen LogP contribution is -1.58. The second-order valence-electron chi connectivity index (χ2n) is 1.02. The minimum absolute atomic E-state index is 0. The third-order valence-electron chi connectivity index (χ3n) is 0.566. The van der Waals surface area contributed by atoms with Crippen LogP contribution in [-0.2, 0) is 0 Å². The van der Waals surface area contributed by atoms with E-state index < -0.39 is 0 Å². The molecule has 0 spiro atoms. The SMILES string of the molecule is F.F.F.c1ccncc1. The molecular weight excluding hydrogens is 131 g/mol. The molecule has 0 aliphatic carbocycles. The summed E-state index contributed by atoms with van der Waals surface area (Å²) in [6, 6.07) is 5.72. The van der Waals surface area contributed by atoms with Gasteiger partial charge >= 0.3 is 0 Å². The van der Waals surface area contributed by atoms with Gasteiger partial charge in [-0.2, -0.15) is 0 Å². The number of rotatable bonds is 0. The molecule has 0 atom stereocenters. The maximum absolute atomic E-state index is 3.78. The van der Waals surface area contributed by atoms with Gasteiger partial charge in [0.15, 0.2) is 0 Å². The first-order valence-corrected chi connectivity index (χ1v) is 1.85. The van der Waals surface area contributed by atoms with Crippen LogP contribution in [0.15, 0.2) is 30.6 Å². The Morgan fingerprint density at radius 3 is 1.22 bits per heavy atom. The Bertz CT molecular complexity index is 84.1. The molecule has 1 rings (SSSR count). The number of nitrogens with zero attached hydrogens (tertiary/aromatic N) is 1. The molecule has 1 heterocycles. The summed E-state index contributed by atoms with van der Waals surface area (Å²) < 4.78 is 0. The van der Waals surface area contributed by atoms with Crippen molar-refractivity contribution in [3.8, 4) is 0 Å². The van der Waals surface area contributed by atoms with Gasteiger partial charge in [-0.25, -0.2) is 0 Å². The molecule has 0 amide bonds. The van der Waals surface area contributed by atoms with E-state index in [2.05, 4.69) is 4.98 Å². The average molecular weight is 139 g/mol. The van der Waals surface area contributed by atoms with Crippen molar-refractivity contribution in [3.63, 3.8) is 0 Å².